The maximum absolute atomic E-state index is 5.71. The summed E-state index contributed by atoms with van der Waals surface area (Å²) in [6.45, 7) is 6.22. The van der Waals surface area contributed by atoms with Crippen molar-refractivity contribution in [2.24, 2.45) is 0 Å². The minimum atomic E-state index is -0.278. The Hall–Kier alpha value is 2.27. The normalized spacial score (nSPS) is 9.77. The molecule has 0 unspecified atom stereocenters. The van der Waals surface area contributed by atoms with Crippen LogP contribution >= 0.6 is 71.3 Å². The molecule has 0 aliphatic carbocycles. The number of rotatable bonds is 0. The Morgan fingerprint density at radius 2 is 1.46 bits per heavy atom. The molecular formula is C7H11I3NSV. The Morgan fingerprint density at radius 3 is 1.54 bits per heavy atom. The van der Waals surface area contributed by atoms with Gasteiger partial charge in [-0.2, -0.15) is 0 Å². The van der Waals surface area contributed by atoms with Crippen molar-refractivity contribution in [3.63, 3.8) is 0 Å². The second kappa shape index (κ2) is 7.53. The molecule has 0 amide bonds. The molecule has 0 spiro atoms. The molecule has 0 bridgehead atoms. The standard InChI is InChI=1S/C7H11NS.3HI.V/c1-4-5(2)9-6(3)7(4)8;;;;/h8H2,1-3H3;3*1H;/q;;;;+3/p-3. The number of thiophene rings is 1. The van der Waals surface area contributed by atoms with Gasteiger partial charge >= 0.3 is 64.9 Å². The summed E-state index contributed by atoms with van der Waals surface area (Å²) in [4.78, 5) is 2.30. The van der Waals surface area contributed by atoms with Crippen molar-refractivity contribution in [1.82, 2.24) is 0 Å². The van der Waals surface area contributed by atoms with Gasteiger partial charge in [0.2, 0.25) is 0 Å². The van der Waals surface area contributed by atoms with Gasteiger partial charge in [0.25, 0.3) is 0 Å². The summed E-state index contributed by atoms with van der Waals surface area (Å²) in [5, 5.41) is 0. The van der Waals surface area contributed by atoms with E-state index >= 15 is 0 Å². The van der Waals surface area contributed by atoms with Crippen LogP contribution in [0, 0.1) is 20.8 Å². The van der Waals surface area contributed by atoms with Crippen LogP contribution in [0.3, 0.4) is 0 Å². The zero-order chi connectivity index (χ0) is 10.6. The van der Waals surface area contributed by atoms with Crippen molar-refractivity contribution < 1.29 is 4.92 Å². The third-order valence-electron chi connectivity index (χ3n) is 1.62. The van der Waals surface area contributed by atoms with Gasteiger partial charge in [-0.25, -0.2) is 0 Å². The van der Waals surface area contributed by atoms with Gasteiger partial charge in [-0.05, 0) is 26.3 Å². The molecule has 0 aliphatic rings. The van der Waals surface area contributed by atoms with Crippen molar-refractivity contribution in [2.45, 2.75) is 20.8 Å². The molecule has 0 saturated heterocycles. The van der Waals surface area contributed by atoms with Crippen molar-refractivity contribution in [3.05, 3.63) is 15.3 Å². The topological polar surface area (TPSA) is 26.0 Å². The number of aryl methyl sites for hydroxylation is 2. The Kier molecular flexibility index (Phi) is 8.85. The van der Waals surface area contributed by atoms with Gasteiger partial charge in [0, 0.05) is 15.4 Å². The van der Waals surface area contributed by atoms with E-state index in [1.54, 1.807) is 11.3 Å². The molecule has 76 valence electrons. The molecule has 1 heterocycles. The van der Waals surface area contributed by atoms with Crippen LogP contribution in [-0.4, -0.2) is 0 Å². The molecule has 0 aliphatic heterocycles. The van der Waals surface area contributed by atoms with Gasteiger partial charge in [0.1, 0.15) is 0 Å². The first-order valence-electron chi connectivity index (χ1n) is 3.45. The molecule has 1 nitrogen and oxygen atoms in total. The third kappa shape index (κ3) is 6.44. The van der Waals surface area contributed by atoms with E-state index in [0.717, 1.165) is 5.69 Å². The average Bonchev–Trinajstić information content (AvgIpc) is 2.17. The van der Waals surface area contributed by atoms with Crippen LogP contribution < -0.4 is 5.73 Å². The van der Waals surface area contributed by atoms with Gasteiger partial charge in [-0.3, -0.25) is 0 Å². The van der Waals surface area contributed by atoms with Crippen LogP contribution in [-0.2, 0) is 4.92 Å². The number of nitrogen functional groups attached to an aromatic ring is 1. The number of hydrogen-bond acceptors (Lipinski definition) is 2. The Morgan fingerprint density at radius 1 is 1.08 bits per heavy atom. The van der Waals surface area contributed by atoms with Crippen LogP contribution in [0.4, 0.5) is 5.69 Å². The van der Waals surface area contributed by atoms with Gasteiger partial charge in [-0.1, -0.05) is 0 Å². The molecule has 0 aromatic carbocycles. The van der Waals surface area contributed by atoms with Crippen LogP contribution in [0.1, 0.15) is 15.3 Å². The van der Waals surface area contributed by atoms with Gasteiger partial charge in [0.15, 0.2) is 0 Å². The molecule has 1 aromatic rings. The van der Waals surface area contributed by atoms with E-state index in [0.29, 0.717) is 0 Å². The van der Waals surface area contributed by atoms with Crippen molar-refractivity contribution >= 4 is 77.0 Å². The number of halogens is 3. The zero-order valence-corrected chi connectivity index (χ0v) is 16.3. The Labute approximate surface area is 121 Å². The average molecular weight is 573 g/mol. The SMILES string of the molecule is Cc1sc(C)c(N)c1C.[I][V]([I])[I]. The molecule has 2 N–H and O–H groups in total. The number of hydrogen-bond donors (Lipinski definition) is 1. The van der Waals surface area contributed by atoms with E-state index in [1.165, 1.54) is 15.3 Å². The van der Waals surface area contributed by atoms with Crippen LogP contribution in [0.15, 0.2) is 0 Å². The first-order chi connectivity index (χ1) is 5.86. The predicted molar refractivity (Wildman–Crippen MR) is 85.0 cm³/mol. The molecule has 0 atom stereocenters. The fourth-order valence-electron chi connectivity index (χ4n) is 0.815. The van der Waals surface area contributed by atoms with Crippen molar-refractivity contribution in [2.75, 3.05) is 5.73 Å². The molecular weight excluding hydrogens is 562 g/mol. The first-order valence-corrected chi connectivity index (χ1v) is 17.8. The van der Waals surface area contributed by atoms with Gasteiger partial charge < -0.3 is 5.73 Å². The number of nitrogens with two attached hydrogens (primary N) is 1. The summed E-state index contributed by atoms with van der Waals surface area (Å²) in [5.74, 6) is 0. The molecule has 13 heavy (non-hydrogen) atoms. The van der Waals surface area contributed by atoms with Crippen molar-refractivity contribution in [3.8, 4) is 0 Å². The first kappa shape index (κ1) is 15.3. The second-order valence-corrected chi connectivity index (χ2v) is 39.2. The van der Waals surface area contributed by atoms with Crippen LogP contribution in [0.25, 0.3) is 0 Å². The van der Waals surface area contributed by atoms with Crippen LogP contribution in [0.5, 0.6) is 0 Å². The third-order valence-corrected chi connectivity index (χ3v) is 2.76. The molecule has 1 aromatic heterocycles. The maximum atomic E-state index is 5.71. The van der Waals surface area contributed by atoms with Gasteiger partial charge in [-0.15, -0.1) is 11.3 Å². The molecule has 0 fully saturated rings. The molecule has 1 rings (SSSR count). The van der Waals surface area contributed by atoms with E-state index < -0.39 is 0 Å². The Bertz CT molecular complexity index is 250. The van der Waals surface area contributed by atoms with E-state index in [9.17, 15) is 0 Å². The van der Waals surface area contributed by atoms with Crippen molar-refractivity contribution in [1.29, 1.82) is 0 Å². The second-order valence-electron chi connectivity index (χ2n) is 2.44. The molecule has 0 saturated carbocycles. The Balaban J connectivity index is 0.000000310. The monoisotopic (exact) mass is 573 g/mol. The van der Waals surface area contributed by atoms with Crippen LogP contribution in [0.2, 0.25) is 0 Å². The quantitative estimate of drug-likeness (QED) is 0.440. The number of anilines is 1. The molecule has 0 radical (unpaired) electrons. The summed E-state index contributed by atoms with van der Waals surface area (Å²) in [6, 6.07) is 0. The minimum absolute atomic E-state index is 0.278. The fourth-order valence-corrected chi connectivity index (χ4v) is 1.80. The van der Waals surface area contributed by atoms with E-state index in [1.807, 2.05) is 0 Å². The summed E-state index contributed by atoms with van der Waals surface area (Å²) < 4.78 is 0. The molecule has 6 heteroatoms. The summed E-state index contributed by atoms with van der Waals surface area (Å²) >= 11 is 9.16. The van der Waals surface area contributed by atoms with E-state index in [-0.39, 0.29) is 4.92 Å². The van der Waals surface area contributed by atoms with E-state index in [2.05, 4.69) is 80.7 Å². The van der Waals surface area contributed by atoms with E-state index in [4.69, 9.17) is 5.73 Å². The zero-order valence-electron chi connectivity index (χ0n) is 7.57. The van der Waals surface area contributed by atoms with Gasteiger partial charge in [0.05, 0.1) is 0 Å². The predicted octanol–water partition coefficient (Wildman–Crippen LogP) is 4.91. The summed E-state index contributed by atoms with van der Waals surface area (Å²) in [5.41, 5.74) is 7.93. The fraction of sp³-hybridized carbons (Fsp3) is 0.429. The summed E-state index contributed by atoms with van der Waals surface area (Å²) in [7, 11) is 0. The summed E-state index contributed by atoms with van der Waals surface area (Å²) in [6.07, 6.45) is 0.